The Morgan fingerprint density at radius 1 is 0.778 bits per heavy atom. The van der Waals surface area contributed by atoms with Crippen LogP contribution in [0.3, 0.4) is 0 Å². The lowest BCUT2D eigenvalue weighted by Gasteiger charge is -2.24. The number of rotatable bonds is 15. The Hall–Kier alpha value is -1.51. The zero-order chi connectivity index (χ0) is 19.7. The number of aliphatic imine (C=N–C) groups is 1. The van der Waals surface area contributed by atoms with Gasteiger partial charge in [0.05, 0.1) is 5.69 Å². The highest BCUT2D eigenvalue weighted by molar-refractivity contribution is 5.81. The third-order valence-corrected chi connectivity index (χ3v) is 5.24. The highest BCUT2D eigenvalue weighted by Crippen LogP contribution is 2.18. The van der Waals surface area contributed by atoms with E-state index in [2.05, 4.69) is 43.9 Å². The van der Waals surface area contributed by atoms with Crippen molar-refractivity contribution in [1.82, 2.24) is 4.90 Å². The molecule has 0 aromatic heterocycles. The molecule has 0 radical (unpaired) electrons. The fourth-order valence-corrected chi connectivity index (χ4v) is 3.39. The van der Waals surface area contributed by atoms with Crippen molar-refractivity contribution in [3.8, 4) is 0 Å². The van der Waals surface area contributed by atoms with Gasteiger partial charge in [0, 0.05) is 13.1 Å². The number of unbranched alkanes of at least 4 members (excludes halogenated alkanes) is 10. The molecule has 154 valence electrons. The van der Waals surface area contributed by atoms with Crippen LogP contribution in [0.25, 0.3) is 0 Å². The Kier molecular flexibility index (Phi) is 13.5. The van der Waals surface area contributed by atoms with E-state index in [0.717, 1.165) is 18.8 Å². The molecule has 0 heterocycles. The van der Waals surface area contributed by atoms with Crippen molar-refractivity contribution in [3.63, 3.8) is 0 Å². The van der Waals surface area contributed by atoms with Crippen molar-refractivity contribution >= 4 is 11.6 Å². The second kappa shape index (κ2) is 15.5. The molecule has 1 aromatic carbocycles. The van der Waals surface area contributed by atoms with Gasteiger partial charge in [-0.15, -0.1) is 0 Å². The summed E-state index contributed by atoms with van der Waals surface area (Å²) in [6.45, 7) is 8.69. The van der Waals surface area contributed by atoms with E-state index in [1.54, 1.807) is 0 Å². The molecule has 0 fully saturated rings. The number of nitrogens with two attached hydrogens (primary N) is 1. The lowest BCUT2D eigenvalue weighted by atomic mass is 10.1. The molecule has 2 N–H and O–H groups in total. The SMILES string of the molecule is CCCCCCCCN(CCCCCCCC)C(N)=Nc1ccccc1C. The monoisotopic (exact) mass is 373 g/mol. The van der Waals surface area contributed by atoms with Crippen molar-refractivity contribution in [2.75, 3.05) is 13.1 Å². The van der Waals surface area contributed by atoms with Gasteiger partial charge in [-0.25, -0.2) is 4.99 Å². The summed E-state index contributed by atoms with van der Waals surface area (Å²) in [4.78, 5) is 7.05. The number of hydrogen-bond donors (Lipinski definition) is 1. The molecule has 0 aliphatic heterocycles. The normalized spacial score (nSPS) is 11.7. The maximum Gasteiger partial charge on any atom is 0.196 e. The summed E-state index contributed by atoms with van der Waals surface area (Å²) < 4.78 is 0. The topological polar surface area (TPSA) is 41.6 Å². The number of guanidine groups is 1. The van der Waals surface area contributed by atoms with Crippen LogP contribution in [0.2, 0.25) is 0 Å². The average Bonchev–Trinajstić information content (AvgIpc) is 2.67. The van der Waals surface area contributed by atoms with Gasteiger partial charge in [-0.2, -0.15) is 0 Å². The van der Waals surface area contributed by atoms with E-state index in [-0.39, 0.29) is 0 Å². The first-order valence-corrected chi connectivity index (χ1v) is 11.3. The molecule has 0 amide bonds. The van der Waals surface area contributed by atoms with Crippen LogP contribution >= 0.6 is 0 Å². The second-order valence-corrected chi connectivity index (χ2v) is 7.78. The van der Waals surface area contributed by atoms with Gasteiger partial charge in [-0.3, -0.25) is 0 Å². The van der Waals surface area contributed by atoms with Crippen LogP contribution in [-0.4, -0.2) is 23.9 Å². The zero-order valence-corrected chi connectivity index (χ0v) is 18.2. The molecule has 0 unspecified atom stereocenters. The van der Waals surface area contributed by atoms with E-state index in [1.807, 2.05) is 6.07 Å². The molecule has 0 aliphatic carbocycles. The van der Waals surface area contributed by atoms with Gasteiger partial charge in [-0.1, -0.05) is 96.3 Å². The first kappa shape index (κ1) is 23.5. The summed E-state index contributed by atoms with van der Waals surface area (Å²) in [6, 6.07) is 8.23. The Morgan fingerprint density at radius 3 is 1.78 bits per heavy atom. The summed E-state index contributed by atoms with van der Waals surface area (Å²) in [5, 5.41) is 0. The number of hydrogen-bond acceptors (Lipinski definition) is 1. The molecule has 1 aromatic rings. The summed E-state index contributed by atoms with van der Waals surface area (Å²) >= 11 is 0. The van der Waals surface area contributed by atoms with Crippen molar-refractivity contribution in [1.29, 1.82) is 0 Å². The average molecular weight is 374 g/mol. The van der Waals surface area contributed by atoms with Crippen molar-refractivity contribution < 1.29 is 0 Å². The van der Waals surface area contributed by atoms with Gasteiger partial charge in [0.25, 0.3) is 0 Å². The molecule has 0 spiro atoms. The van der Waals surface area contributed by atoms with Crippen LogP contribution in [-0.2, 0) is 0 Å². The number of nitrogens with zero attached hydrogens (tertiary/aromatic N) is 2. The highest BCUT2D eigenvalue weighted by Gasteiger charge is 2.08. The molecular weight excluding hydrogens is 330 g/mol. The molecule has 3 nitrogen and oxygen atoms in total. The Morgan fingerprint density at radius 2 is 1.26 bits per heavy atom. The van der Waals surface area contributed by atoms with Crippen LogP contribution < -0.4 is 5.73 Å². The first-order valence-electron chi connectivity index (χ1n) is 11.3. The second-order valence-electron chi connectivity index (χ2n) is 7.78. The third kappa shape index (κ3) is 11.0. The Balaban J connectivity index is 2.53. The van der Waals surface area contributed by atoms with Gasteiger partial charge < -0.3 is 10.6 Å². The molecule has 0 atom stereocenters. The molecular formula is C24H43N3. The van der Waals surface area contributed by atoms with E-state index in [1.165, 1.54) is 82.6 Å². The third-order valence-electron chi connectivity index (χ3n) is 5.24. The van der Waals surface area contributed by atoms with E-state index >= 15 is 0 Å². The number of benzene rings is 1. The highest BCUT2D eigenvalue weighted by atomic mass is 15.2. The van der Waals surface area contributed by atoms with Crippen LogP contribution in [0, 0.1) is 6.92 Å². The summed E-state index contributed by atoms with van der Waals surface area (Å²) in [5.74, 6) is 0.686. The predicted octanol–water partition coefficient (Wildman–Crippen LogP) is 6.96. The van der Waals surface area contributed by atoms with Crippen LogP contribution in [0.5, 0.6) is 0 Å². The van der Waals surface area contributed by atoms with Gasteiger partial charge in [-0.05, 0) is 31.4 Å². The summed E-state index contributed by atoms with van der Waals surface area (Å²) in [6.07, 6.45) is 15.8. The largest absolute Gasteiger partial charge is 0.369 e. The minimum atomic E-state index is 0.686. The van der Waals surface area contributed by atoms with Crippen molar-refractivity contribution in [3.05, 3.63) is 29.8 Å². The first-order chi connectivity index (χ1) is 13.2. The lowest BCUT2D eigenvalue weighted by Crippen LogP contribution is -2.38. The molecule has 0 saturated carbocycles. The lowest BCUT2D eigenvalue weighted by molar-refractivity contribution is 0.381. The van der Waals surface area contributed by atoms with Crippen LogP contribution in [0.15, 0.2) is 29.3 Å². The van der Waals surface area contributed by atoms with Crippen molar-refractivity contribution in [2.24, 2.45) is 10.7 Å². The van der Waals surface area contributed by atoms with Crippen molar-refractivity contribution in [2.45, 2.75) is 97.8 Å². The molecule has 0 saturated heterocycles. The zero-order valence-electron chi connectivity index (χ0n) is 18.2. The standard InChI is InChI=1S/C24H43N3/c1-4-6-8-10-12-16-20-27(21-17-13-11-9-7-5-2)24(25)26-23-19-15-14-18-22(23)3/h14-15,18-19H,4-13,16-17,20-21H2,1-3H3,(H2,25,26). The van der Waals surface area contributed by atoms with E-state index < -0.39 is 0 Å². The Labute approximate surface area is 168 Å². The molecule has 1 rings (SSSR count). The van der Waals surface area contributed by atoms with Gasteiger partial charge >= 0.3 is 0 Å². The quantitative estimate of drug-likeness (QED) is 0.205. The van der Waals surface area contributed by atoms with Crippen LogP contribution in [0.1, 0.15) is 96.5 Å². The minimum absolute atomic E-state index is 0.686. The van der Waals surface area contributed by atoms with E-state index in [9.17, 15) is 0 Å². The van der Waals surface area contributed by atoms with Gasteiger partial charge in [0.15, 0.2) is 5.96 Å². The molecule has 0 bridgehead atoms. The molecule has 0 aliphatic rings. The maximum atomic E-state index is 6.42. The molecule has 27 heavy (non-hydrogen) atoms. The summed E-state index contributed by atoms with van der Waals surface area (Å²) in [5.41, 5.74) is 8.59. The minimum Gasteiger partial charge on any atom is -0.369 e. The summed E-state index contributed by atoms with van der Waals surface area (Å²) in [7, 11) is 0. The van der Waals surface area contributed by atoms with Gasteiger partial charge in [0.1, 0.15) is 0 Å². The van der Waals surface area contributed by atoms with E-state index in [4.69, 9.17) is 10.7 Å². The smallest absolute Gasteiger partial charge is 0.196 e. The number of aryl methyl sites for hydroxylation is 1. The number of para-hydroxylation sites is 1. The maximum absolute atomic E-state index is 6.42. The molecule has 3 heteroatoms. The van der Waals surface area contributed by atoms with Gasteiger partial charge in [0.2, 0.25) is 0 Å². The fraction of sp³-hybridized carbons (Fsp3) is 0.708. The van der Waals surface area contributed by atoms with E-state index in [0.29, 0.717) is 5.96 Å². The van der Waals surface area contributed by atoms with Crippen LogP contribution in [0.4, 0.5) is 5.69 Å². The Bertz CT molecular complexity index is 494. The predicted molar refractivity (Wildman–Crippen MR) is 121 cm³/mol. The fourth-order valence-electron chi connectivity index (χ4n) is 3.39.